The Hall–Kier alpha value is -3.78. The van der Waals surface area contributed by atoms with Crippen LogP contribution in [0.15, 0.2) is 72.1 Å². The first kappa shape index (κ1) is 23.4. The van der Waals surface area contributed by atoms with E-state index in [1.54, 1.807) is 30.7 Å². The predicted octanol–water partition coefficient (Wildman–Crippen LogP) is 5.65. The SMILES string of the molecule is COc1ccc(CCNC(=O)c2csc(-c3cccc(OCc4c(F)cccc4F)c3)n2)cc1. The molecule has 0 unspecified atom stereocenters. The first-order chi connectivity index (χ1) is 16.5. The van der Waals surface area contributed by atoms with Crippen LogP contribution in [0, 0.1) is 11.6 Å². The van der Waals surface area contributed by atoms with E-state index in [2.05, 4.69) is 10.3 Å². The summed E-state index contributed by atoms with van der Waals surface area (Å²) in [5.41, 5.74) is 2.03. The lowest BCUT2D eigenvalue weighted by molar-refractivity contribution is 0.0950. The number of rotatable bonds is 9. The summed E-state index contributed by atoms with van der Waals surface area (Å²) in [4.78, 5) is 16.9. The van der Waals surface area contributed by atoms with Crippen molar-refractivity contribution >= 4 is 17.2 Å². The maximum Gasteiger partial charge on any atom is 0.270 e. The van der Waals surface area contributed by atoms with Gasteiger partial charge in [0.2, 0.25) is 0 Å². The molecule has 0 atom stereocenters. The molecule has 1 aromatic heterocycles. The molecule has 1 heterocycles. The Morgan fingerprint density at radius 3 is 2.47 bits per heavy atom. The molecule has 0 aliphatic heterocycles. The van der Waals surface area contributed by atoms with Gasteiger partial charge in [-0.1, -0.05) is 30.3 Å². The molecule has 0 fully saturated rings. The molecule has 8 heteroatoms. The van der Waals surface area contributed by atoms with Crippen LogP contribution >= 0.6 is 11.3 Å². The van der Waals surface area contributed by atoms with Gasteiger partial charge in [0.15, 0.2) is 0 Å². The van der Waals surface area contributed by atoms with Gasteiger partial charge >= 0.3 is 0 Å². The molecule has 0 saturated heterocycles. The van der Waals surface area contributed by atoms with Crippen molar-refractivity contribution in [3.63, 3.8) is 0 Å². The molecule has 0 radical (unpaired) electrons. The summed E-state index contributed by atoms with van der Waals surface area (Å²) in [6, 6.07) is 18.4. The van der Waals surface area contributed by atoms with Crippen LogP contribution in [0.5, 0.6) is 11.5 Å². The standard InChI is InChI=1S/C26H22F2N2O3S/c1-32-19-10-8-17(9-11-19)12-13-29-25(31)24-16-34-26(30-24)18-4-2-5-20(14-18)33-15-21-22(27)6-3-7-23(21)28/h2-11,14,16H,12-13,15H2,1H3,(H,29,31). The molecule has 0 aliphatic rings. The highest BCUT2D eigenvalue weighted by molar-refractivity contribution is 7.13. The zero-order valence-corrected chi connectivity index (χ0v) is 19.2. The van der Waals surface area contributed by atoms with Crippen molar-refractivity contribution in [2.24, 2.45) is 0 Å². The van der Waals surface area contributed by atoms with E-state index in [0.717, 1.165) is 16.9 Å². The molecule has 1 N–H and O–H groups in total. The second-order valence-corrected chi connectivity index (χ2v) is 8.27. The average molecular weight is 481 g/mol. The van der Waals surface area contributed by atoms with Crippen molar-refractivity contribution in [1.29, 1.82) is 0 Å². The molecule has 0 aliphatic carbocycles. The van der Waals surface area contributed by atoms with Crippen LogP contribution in [0.2, 0.25) is 0 Å². The second-order valence-electron chi connectivity index (χ2n) is 7.41. The second kappa shape index (κ2) is 10.9. The number of benzene rings is 3. The number of thiazole rings is 1. The van der Waals surface area contributed by atoms with Crippen LogP contribution in [-0.2, 0) is 13.0 Å². The smallest absolute Gasteiger partial charge is 0.270 e. The summed E-state index contributed by atoms with van der Waals surface area (Å²) in [5, 5.41) is 5.22. The van der Waals surface area contributed by atoms with E-state index < -0.39 is 11.6 Å². The fourth-order valence-corrected chi connectivity index (χ4v) is 4.06. The highest BCUT2D eigenvalue weighted by Crippen LogP contribution is 2.28. The van der Waals surface area contributed by atoms with Gasteiger partial charge in [0.1, 0.15) is 40.4 Å². The Morgan fingerprint density at radius 2 is 1.74 bits per heavy atom. The maximum absolute atomic E-state index is 13.8. The van der Waals surface area contributed by atoms with Gasteiger partial charge in [-0.3, -0.25) is 4.79 Å². The quantitative estimate of drug-likeness (QED) is 0.336. The minimum atomic E-state index is -0.654. The minimum Gasteiger partial charge on any atom is -0.497 e. The fraction of sp³-hybridized carbons (Fsp3) is 0.154. The van der Waals surface area contributed by atoms with E-state index >= 15 is 0 Å². The predicted molar refractivity (Wildman–Crippen MR) is 127 cm³/mol. The molecule has 4 aromatic rings. The molecule has 5 nitrogen and oxygen atoms in total. The molecular weight excluding hydrogens is 458 g/mol. The summed E-state index contributed by atoms with van der Waals surface area (Å²) < 4.78 is 38.4. The highest BCUT2D eigenvalue weighted by Gasteiger charge is 2.13. The molecule has 0 spiro atoms. The van der Waals surface area contributed by atoms with Crippen molar-refractivity contribution in [3.8, 4) is 22.1 Å². The Kier molecular flexibility index (Phi) is 7.49. The zero-order chi connectivity index (χ0) is 23.9. The van der Waals surface area contributed by atoms with Crippen LogP contribution in [-0.4, -0.2) is 24.5 Å². The van der Waals surface area contributed by atoms with Crippen LogP contribution in [0.25, 0.3) is 10.6 Å². The molecule has 1 amide bonds. The molecule has 0 bridgehead atoms. The summed E-state index contributed by atoms with van der Waals surface area (Å²) in [5.74, 6) is -0.326. The molecule has 34 heavy (non-hydrogen) atoms. The summed E-state index contributed by atoms with van der Waals surface area (Å²) in [6.07, 6.45) is 0.689. The third kappa shape index (κ3) is 5.77. The number of aromatic nitrogens is 1. The van der Waals surface area contributed by atoms with Gasteiger partial charge in [-0.15, -0.1) is 11.3 Å². The topological polar surface area (TPSA) is 60.5 Å². The van der Waals surface area contributed by atoms with E-state index in [-0.39, 0.29) is 18.1 Å². The Bertz CT molecular complexity index is 1260. The summed E-state index contributed by atoms with van der Waals surface area (Å²) >= 11 is 1.33. The van der Waals surface area contributed by atoms with Gasteiger partial charge in [0.05, 0.1) is 12.7 Å². The monoisotopic (exact) mass is 480 g/mol. The molecule has 0 saturated carbocycles. The van der Waals surface area contributed by atoms with E-state index in [1.807, 2.05) is 30.3 Å². The lowest BCUT2D eigenvalue weighted by Gasteiger charge is -2.09. The van der Waals surface area contributed by atoms with Crippen molar-refractivity contribution < 1.29 is 23.0 Å². The number of methoxy groups -OCH3 is 1. The molecular formula is C26H22F2N2O3S. The number of hydrogen-bond donors (Lipinski definition) is 1. The van der Waals surface area contributed by atoms with E-state index in [4.69, 9.17) is 9.47 Å². The first-order valence-electron chi connectivity index (χ1n) is 10.6. The number of halogens is 2. The normalized spacial score (nSPS) is 10.7. The summed E-state index contributed by atoms with van der Waals surface area (Å²) in [6.45, 7) is 0.246. The Labute approximate surface area is 200 Å². The van der Waals surface area contributed by atoms with Gasteiger partial charge in [-0.25, -0.2) is 13.8 Å². The van der Waals surface area contributed by atoms with Crippen molar-refractivity contribution in [3.05, 3.63) is 101 Å². The van der Waals surface area contributed by atoms with Gasteiger partial charge in [0, 0.05) is 17.5 Å². The maximum atomic E-state index is 13.8. The fourth-order valence-electron chi connectivity index (χ4n) is 3.26. The number of ether oxygens (including phenoxy) is 2. The number of nitrogens with one attached hydrogen (secondary N) is 1. The summed E-state index contributed by atoms with van der Waals surface area (Å²) in [7, 11) is 1.62. The third-order valence-corrected chi connectivity index (χ3v) is 6.01. The van der Waals surface area contributed by atoms with Gasteiger partial charge in [-0.05, 0) is 48.4 Å². The number of amides is 1. The Balaban J connectivity index is 1.35. The van der Waals surface area contributed by atoms with Crippen molar-refractivity contribution in [2.75, 3.05) is 13.7 Å². The zero-order valence-electron chi connectivity index (χ0n) is 18.4. The van der Waals surface area contributed by atoms with Crippen LogP contribution < -0.4 is 14.8 Å². The minimum absolute atomic E-state index is 0.129. The molecule has 4 rings (SSSR count). The lowest BCUT2D eigenvalue weighted by atomic mass is 10.1. The van der Waals surface area contributed by atoms with E-state index in [0.29, 0.717) is 29.4 Å². The highest BCUT2D eigenvalue weighted by atomic mass is 32.1. The van der Waals surface area contributed by atoms with Crippen LogP contribution in [0.3, 0.4) is 0 Å². The number of nitrogens with zero attached hydrogens (tertiary/aromatic N) is 1. The van der Waals surface area contributed by atoms with Gasteiger partial charge < -0.3 is 14.8 Å². The molecule has 174 valence electrons. The van der Waals surface area contributed by atoms with Gasteiger partial charge in [-0.2, -0.15) is 0 Å². The average Bonchev–Trinajstić information content (AvgIpc) is 3.35. The largest absolute Gasteiger partial charge is 0.497 e. The lowest BCUT2D eigenvalue weighted by Crippen LogP contribution is -2.25. The van der Waals surface area contributed by atoms with Crippen molar-refractivity contribution in [1.82, 2.24) is 10.3 Å². The van der Waals surface area contributed by atoms with Gasteiger partial charge in [0.25, 0.3) is 5.91 Å². The Morgan fingerprint density at radius 1 is 1.00 bits per heavy atom. The van der Waals surface area contributed by atoms with Crippen LogP contribution in [0.1, 0.15) is 21.6 Å². The number of hydrogen-bond acceptors (Lipinski definition) is 5. The molecule has 3 aromatic carbocycles. The van der Waals surface area contributed by atoms with Crippen LogP contribution in [0.4, 0.5) is 8.78 Å². The third-order valence-electron chi connectivity index (χ3n) is 5.12. The first-order valence-corrected chi connectivity index (χ1v) is 11.4. The number of carbonyl (C=O) groups excluding carboxylic acids is 1. The van der Waals surface area contributed by atoms with Crippen molar-refractivity contribution in [2.45, 2.75) is 13.0 Å². The van der Waals surface area contributed by atoms with E-state index in [1.165, 1.54) is 29.5 Å². The van der Waals surface area contributed by atoms with E-state index in [9.17, 15) is 13.6 Å². The number of carbonyl (C=O) groups is 1.